The largest absolute Gasteiger partial charge is 0.459 e. The molecule has 0 aromatic heterocycles. The molecule has 2 aromatic carbocycles. The van der Waals surface area contributed by atoms with Crippen molar-refractivity contribution in [2.75, 3.05) is 19.8 Å². The highest BCUT2D eigenvalue weighted by Crippen LogP contribution is 2.37. The van der Waals surface area contributed by atoms with Gasteiger partial charge in [0.15, 0.2) is 5.60 Å². The van der Waals surface area contributed by atoms with Crippen LogP contribution in [0.15, 0.2) is 60.7 Å². The lowest BCUT2D eigenvalue weighted by Crippen LogP contribution is -2.30. The zero-order valence-electron chi connectivity index (χ0n) is 13.5. The fourth-order valence-electron chi connectivity index (χ4n) is 2.40. The second-order valence-electron chi connectivity index (χ2n) is 5.74. The van der Waals surface area contributed by atoms with Crippen LogP contribution in [0, 0.1) is 0 Å². The molecular weight excluding hydrogens is 324 g/mol. The fraction of sp³-hybridized carbons (Fsp3) is 0.263. The van der Waals surface area contributed by atoms with E-state index in [1.807, 2.05) is 0 Å². The summed E-state index contributed by atoms with van der Waals surface area (Å²) in [6.45, 7) is -0.454. The Labute approximate surface area is 144 Å². The van der Waals surface area contributed by atoms with Crippen molar-refractivity contribution in [1.29, 1.82) is 0 Å². The third-order valence-electron chi connectivity index (χ3n) is 4.01. The number of carbonyl (C=O) groups is 2. The summed E-state index contributed by atoms with van der Waals surface area (Å²) in [5.74, 6) is -0.965. The first kappa shape index (κ1) is 17.1. The van der Waals surface area contributed by atoms with E-state index in [2.05, 4.69) is 0 Å². The van der Waals surface area contributed by atoms with Gasteiger partial charge in [-0.2, -0.15) is 0 Å². The van der Waals surface area contributed by atoms with Crippen molar-refractivity contribution in [2.45, 2.75) is 11.7 Å². The first-order chi connectivity index (χ1) is 12.1. The molecule has 1 aliphatic rings. The van der Waals surface area contributed by atoms with Gasteiger partial charge in [-0.1, -0.05) is 36.4 Å². The highest BCUT2D eigenvalue weighted by molar-refractivity contribution is 5.89. The van der Waals surface area contributed by atoms with Gasteiger partial charge in [-0.05, 0) is 24.3 Å². The number of hydrogen-bond acceptors (Lipinski definition) is 6. The smallest absolute Gasteiger partial charge is 0.338 e. The van der Waals surface area contributed by atoms with Gasteiger partial charge in [0.25, 0.3) is 0 Å². The zero-order chi connectivity index (χ0) is 17.7. The second-order valence-corrected chi connectivity index (χ2v) is 5.74. The molecule has 2 unspecified atom stereocenters. The molecule has 0 amide bonds. The zero-order valence-corrected chi connectivity index (χ0v) is 13.5. The highest BCUT2D eigenvalue weighted by atomic mass is 16.7. The number of hydrogen-bond donors (Lipinski definition) is 1. The molecule has 1 N–H and O–H groups in total. The molecule has 1 fully saturated rings. The summed E-state index contributed by atoms with van der Waals surface area (Å²) in [5, 5.41) is 9.54. The number of rotatable bonds is 7. The molecule has 2 aromatic rings. The van der Waals surface area contributed by atoms with Gasteiger partial charge in [-0.25, -0.2) is 9.59 Å². The predicted molar refractivity (Wildman–Crippen MR) is 88.1 cm³/mol. The van der Waals surface area contributed by atoms with Crippen LogP contribution in [-0.2, 0) is 14.2 Å². The summed E-state index contributed by atoms with van der Waals surface area (Å²) in [7, 11) is 0. The topological polar surface area (TPSA) is 85.4 Å². The van der Waals surface area contributed by atoms with Crippen LogP contribution < -0.4 is 0 Å². The summed E-state index contributed by atoms with van der Waals surface area (Å²) < 4.78 is 15.8. The first-order valence-corrected chi connectivity index (χ1v) is 7.88. The summed E-state index contributed by atoms with van der Waals surface area (Å²) >= 11 is 0. The van der Waals surface area contributed by atoms with Crippen molar-refractivity contribution in [3.8, 4) is 0 Å². The Kier molecular flexibility index (Phi) is 5.11. The number of ether oxygens (including phenoxy) is 3. The molecule has 130 valence electrons. The van der Waals surface area contributed by atoms with Crippen LogP contribution in [0.5, 0.6) is 0 Å². The predicted octanol–water partition coefficient (Wildman–Crippen LogP) is 1.83. The van der Waals surface area contributed by atoms with Crippen LogP contribution in [-0.4, -0.2) is 48.6 Å². The first-order valence-electron chi connectivity index (χ1n) is 7.88. The van der Waals surface area contributed by atoms with Crippen LogP contribution >= 0.6 is 0 Å². The van der Waals surface area contributed by atoms with E-state index < -0.39 is 23.6 Å². The summed E-state index contributed by atoms with van der Waals surface area (Å²) in [4.78, 5) is 23.8. The maximum atomic E-state index is 11.9. The lowest BCUT2D eigenvalue weighted by molar-refractivity contribution is 0.0313. The van der Waals surface area contributed by atoms with Gasteiger partial charge in [0.05, 0.1) is 17.7 Å². The van der Waals surface area contributed by atoms with E-state index in [0.29, 0.717) is 11.1 Å². The number of aliphatic hydroxyl groups is 1. The Hall–Kier alpha value is -2.70. The maximum absolute atomic E-state index is 11.9. The molecule has 1 saturated heterocycles. The van der Waals surface area contributed by atoms with E-state index in [1.54, 1.807) is 60.7 Å². The summed E-state index contributed by atoms with van der Waals surface area (Å²) in [6, 6.07) is 17.1. The molecule has 0 radical (unpaired) electrons. The van der Waals surface area contributed by atoms with Gasteiger partial charge < -0.3 is 19.3 Å². The minimum Gasteiger partial charge on any atom is -0.459 e. The Morgan fingerprint density at radius 2 is 1.44 bits per heavy atom. The average Bonchev–Trinajstić information content (AvgIpc) is 3.39. The normalized spacial score (nSPS) is 21.4. The van der Waals surface area contributed by atoms with Crippen LogP contribution in [0.25, 0.3) is 0 Å². The highest BCUT2D eigenvalue weighted by Gasteiger charge is 2.58. The van der Waals surface area contributed by atoms with E-state index in [4.69, 9.17) is 14.2 Å². The molecule has 0 spiro atoms. The Morgan fingerprint density at radius 1 is 0.920 bits per heavy atom. The standard InChI is InChI=1S/C19H18O6/c20-12-19(13-24-18(22)15-9-5-2-6-10-15)16(25-19)11-23-17(21)14-7-3-1-4-8-14/h1-10,16,20H,11-13H2. The van der Waals surface area contributed by atoms with E-state index in [-0.39, 0.29) is 19.8 Å². The molecule has 2 atom stereocenters. The Balaban J connectivity index is 1.49. The van der Waals surface area contributed by atoms with Gasteiger partial charge in [-0.15, -0.1) is 0 Å². The molecule has 1 aliphatic heterocycles. The van der Waals surface area contributed by atoms with E-state index in [0.717, 1.165) is 0 Å². The molecule has 1 heterocycles. The third kappa shape index (κ3) is 4.04. The lowest BCUT2D eigenvalue weighted by Gasteiger charge is -2.11. The molecule has 0 saturated carbocycles. The van der Waals surface area contributed by atoms with Crippen molar-refractivity contribution in [3.63, 3.8) is 0 Å². The van der Waals surface area contributed by atoms with Crippen LogP contribution in [0.4, 0.5) is 0 Å². The van der Waals surface area contributed by atoms with E-state index in [1.165, 1.54) is 0 Å². The molecule has 0 bridgehead atoms. The molecular formula is C19H18O6. The summed E-state index contributed by atoms with van der Waals surface area (Å²) in [6.07, 6.45) is -0.506. The third-order valence-corrected chi connectivity index (χ3v) is 4.01. The van der Waals surface area contributed by atoms with Gasteiger partial charge in [0.2, 0.25) is 0 Å². The minimum atomic E-state index is -1.01. The van der Waals surface area contributed by atoms with Gasteiger partial charge in [0.1, 0.15) is 19.3 Å². The number of carbonyl (C=O) groups excluding carboxylic acids is 2. The molecule has 6 heteroatoms. The SMILES string of the molecule is O=C(OCC1OC1(CO)COC(=O)c1ccccc1)c1ccccc1. The van der Waals surface area contributed by atoms with Gasteiger partial charge in [0, 0.05) is 0 Å². The number of epoxide rings is 1. The van der Waals surface area contributed by atoms with E-state index in [9.17, 15) is 14.7 Å². The van der Waals surface area contributed by atoms with Crippen LogP contribution in [0.3, 0.4) is 0 Å². The Morgan fingerprint density at radius 3 is 1.96 bits per heavy atom. The monoisotopic (exact) mass is 342 g/mol. The number of aliphatic hydroxyl groups excluding tert-OH is 1. The minimum absolute atomic E-state index is 0.0167. The van der Waals surface area contributed by atoms with Crippen molar-refractivity contribution in [3.05, 3.63) is 71.8 Å². The van der Waals surface area contributed by atoms with Crippen LogP contribution in [0.2, 0.25) is 0 Å². The molecule has 25 heavy (non-hydrogen) atoms. The Bertz CT molecular complexity index is 730. The van der Waals surface area contributed by atoms with Crippen molar-refractivity contribution < 1.29 is 28.9 Å². The molecule has 0 aliphatic carbocycles. The average molecular weight is 342 g/mol. The van der Waals surface area contributed by atoms with Crippen molar-refractivity contribution >= 4 is 11.9 Å². The molecule has 3 rings (SSSR count). The maximum Gasteiger partial charge on any atom is 0.338 e. The van der Waals surface area contributed by atoms with Gasteiger partial charge in [-0.3, -0.25) is 0 Å². The lowest BCUT2D eigenvalue weighted by atomic mass is 10.1. The quantitative estimate of drug-likeness (QED) is 0.610. The van der Waals surface area contributed by atoms with Crippen molar-refractivity contribution in [1.82, 2.24) is 0 Å². The fourth-order valence-corrected chi connectivity index (χ4v) is 2.40. The van der Waals surface area contributed by atoms with Crippen molar-refractivity contribution in [2.24, 2.45) is 0 Å². The second kappa shape index (κ2) is 7.46. The molecule has 6 nitrogen and oxygen atoms in total. The van der Waals surface area contributed by atoms with E-state index >= 15 is 0 Å². The number of esters is 2. The number of benzene rings is 2. The summed E-state index contributed by atoms with van der Waals surface area (Å²) in [5.41, 5.74) is -0.155. The van der Waals surface area contributed by atoms with Crippen LogP contribution in [0.1, 0.15) is 20.7 Å². The van der Waals surface area contributed by atoms with Gasteiger partial charge >= 0.3 is 11.9 Å².